The summed E-state index contributed by atoms with van der Waals surface area (Å²) in [5.74, 6) is -5.67. The highest BCUT2D eigenvalue weighted by molar-refractivity contribution is 5.95. The molecule has 14 nitrogen and oxygen atoms in total. The highest BCUT2D eigenvalue weighted by Gasteiger charge is 2.39. The molecule has 1 saturated heterocycles. The first-order chi connectivity index (χ1) is 17.4. The van der Waals surface area contributed by atoms with Crippen molar-refractivity contribution in [1.82, 2.24) is 15.5 Å². The van der Waals surface area contributed by atoms with Gasteiger partial charge >= 0.3 is 11.9 Å². The number of nitrogens with two attached hydrogens (primary N) is 2. The van der Waals surface area contributed by atoms with E-state index in [1.165, 1.54) is 29.2 Å². The predicted molar refractivity (Wildman–Crippen MR) is 127 cm³/mol. The number of aromatic hydroxyl groups is 1. The van der Waals surface area contributed by atoms with Gasteiger partial charge in [-0.25, -0.2) is 4.79 Å². The van der Waals surface area contributed by atoms with Crippen molar-refractivity contribution < 1.29 is 44.1 Å². The number of carbonyl (C=O) groups excluding carboxylic acids is 4. The summed E-state index contributed by atoms with van der Waals surface area (Å²) in [6, 6.07) is 0.765. The van der Waals surface area contributed by atoms with Gasteiger partial charge in [0.2, 0.25) is 23.6 Å². The van der Waals surface area contributed by atoms with Crippen LogP contribution in [0, 0.1) is 0 Å². The third-order valence-corrected chi connectivity index (χ3v) is 5.85. The van der Waals surface area contributed by atoms with Crippen molar-refractivity contribution >= 4 is 35.6 Å². The third-order valence-electron chi connectivity index (χ3n) is 5.85. The van der Waals surface area contributed by atoms with Gasteiger partial charge in [0.1, 0.15) is 23.9 Å². The number of amides is 4. The molecular weight excluding hydrogens is 490 g/mol. The monoisotopic (exact) mass is 521 g/mol. The highest BCUT2D eigenvalue weighted by atomic mass is 16.4. The fraction of sp³-hybridized carbons (Fsp3) is 0.478. The number of phenolic OH excluding ortho intramolecular Hbond substituents is 1. The first kappa shape index (κ1) is 29.0. The van der Waals surface area contributed by atoms with Crippen molar-refractivity contribution in [2.24, 2.45) is 11.5 Å². The predicted octanol–water partition coefficient (Wildman–Crippen LogP) is -1.95. The minimum absolute atomic E-state index is 0.0141. The van der Waals surface area contributed by atoms with Crippen LogP contribution in [0.5, 0.6) is 5.75 Å². The summed E-state index contributed by atoms with van der Waals surface area (Å²) in [7, 11) is 0. The molecule has 1 fully saturated rings. The Balaban J connectivity index is 2.22. The Hall–Kier alpha value is -4.20. The summed E-state index contributed by atoms with van der Waals surface area (Å²) >= 11 is 0. The number of likely N-dealkylation sites (tertiary alicyclic amines) is 1. The molecular formula is C23H31N5O9. The molecule has 14 heteroatoms. The zero-order valence-corrected chi connectivity index (χ0v) is 20.0. The van der Waals surface area contributed by atoms with Gasteiger partial charge in [0.05, 0.1) is 12.5 Å². The minimum atomic E-state index is -1.42. The van der Waals surface area contributed by atoms with E-state index in [4.69, 9.17) is 16.6 Å². The molecule has 0 bridgehead atoms. The van der Waals surface area contributed by atoms with Gasteiger partial charge < -0.3 is 42.3 Å². The average molecular weight is 522 g/mol. The van der Waals surface area contributed by atoms with Crippen molar-refractivity contribution in [2.75, 3.05) is 6.54 Å². The van der Waals surface area contributed by atoms with Gasteiger partial charge in [-0.2, -0.15) is 0 Å². The fourth-order valence-corrected chi connectivity index (χ4v) is 3.94. The molecule has 0 aliphatic carbocycles. The van der Waals surface area contributed by atoms with Crippen LogP contribution in [-0.4, -0.2) is 86.5 Å². The molecule has 4 unspecified atom stereocenters. The molecule has 2 rings (SSSR count). The van der Waals surface area contributed by atoms with E-state index in [-0.39, 0.29) is 38.0 Å². The van der Waals surface area contributed by atoms with E-state index in [1.54, 1.807) is 0 Å². The number of hydrogen-bond donors (Lipinski definition) is 7. The van der Waals surface area contributed by atoms with E-state index >= 15 is 0 Å². The number of nitrogens with one attached hydrogen (secondary N) is 2. The summed E-state index contributed by atoms with van der Waals surface area (Å²) in [4.78, 5) is 73.6. The SMILES string of the molecule is NC(=O)CCC(NC(=O)C1CCCN1C(=O)C(Cc1ccc(O)cc1)NC(=O)C(N)CC(=O)O)C(=O)O. The summed E-state index contributed by atoms with van der Waals surface area (Å²) in [5, 5.41) is 32.6. The number of nitrogens with zero attached hydrogens (tertiary/aromatic N) is 1. The number of carboxylic acids is 2. The van der Waals surface area contributed by atoms with E-state index in [2.05, 4.69) is 10.6 Å². The molecule has 1 heterocycles. The van der Waals surface area contributed by atoms with Crippen LogP contribution in [0.15, 0.2) is 24.3 Å². The summed E-state index contributed by atoms with van der Waals surface area (Å²) in [5.41, 5.74) is 11.3. The van der Waals surface area contributed by atoms with Crippen molar-refractivity contribution in [2.45, 2.75) is 62.7 Å². The first-order valence-corrected chi connectivity index (χ1v) is 11.6. The van der Waals surface area contributed by atoms with E-state index in [0.29, 0.717) is 12.0 Å². The summed E-state index contributed by atoms with van der Waals surface area (Å²) < 4.78 is 0. The standard InChI is InChI=1S/C23H31N5O9/c24-14(11-19(31)32)20(33)27-16(10-12-3-5-13(29)6-4-12)22(35)28-9-1-2-17(28)21(34)26-15(23(36)37)7-8-18(25)30/h3-6,14-17,29H,1-2,7-11,24H2,(H2,25,30)(H,26,34)(H,27,33)(H,31,32)(H,36,37). The molecule has 0 aromatic heterocycles. The van der Waals surface area contributed by atoms with Gasteiger partial charge in [0, 0.05) is 19.4 Å². The number of phenols is 1. The second kappa shape index (κ2) is 13.2. The largest absolute Gasteiger partial charge is 0.508 e. The molecule has 9 N–H and O–H groups in total. The van der Waals surface area contributed by atoms with Crippen LogP contribution >= 0.6 is 0 Å². The van der Waals surface area contributed by atoms with Crippen molar-refractivity contribution in [1.29, 1.82) is 0 Å². The quantitative estimate of drug-likeness (QED) is 0.151. The van der Waals surface area contributed by atoms with Crippen molar-refractivity contribution in [3.05, 3.63) is 29.8 Å². The Morgan fingerprint density at radius 1 is 1.03 bits per heavy atom. The maximum absolute atomic E-state index is 13.5. The molecule has 202 valence electrons. The molecule has 37 heavy (non-hydrogen) atoms. The van der Waals surface area contributed by atoms with Crippen LogP contribution in [0.4, 0.5) is 0 Å². The van der Waals surface area contributed by atoms with Crippen molar-refractivity contribution in [3.63, 3.8) is 0 Å². The zero-order chi connectivity index (χ0) is 27.7. The second-order valence-electron chi connectivity index (χ2n) is 8.73. The Labute approximate surface area is 212 Å². The Kier molecular flexibility index (Phi) is 10.4. The van der Waals surface area contributed by atoms with Crippen LogP contribution < -0.4 is 22.1 Å². The van der Waals surface area contributed by atoms with E-state index < -0.39 is 66.2 Å². The lowest BCUT2D eigenvalue weighted by Crippen LogP contribution is -2.57. The molecule has 4 amide bonds. The van der Waals surface area contributed by atoms with Crippen molar-refractivity contribution in [3.8, 4) is 5.75 Å². The maximum atomic E-state index is 13.5. The average Bonchev–Trinajstić information content (AvgIpc) is 3.31. The van der Waals surface area contributed by atoms with E-state index in [0.717, 1.165) is 0 Å². The Morgan fingerprint density at radius 3 is 2.24 bits per heavy atom. The lowest BCUT2D eigenvalue weighted by molar-refractivity contribution is -0.145. The Bertz CT molecular complexity index is 1030. The van der Waals surface area contributed by atoms with Crippen LogP contribution in [0.2, 0.25) is 0 Å². The minimum Gasteiger partial charge on any atom is -0.508 e. The highest BCUT2D eigenvalue weighted by Crippen LogP contribution is 2.21. The molecule has 0 saturated carbocycles. The second-order valence-corrected chi connectivity index (χ2v) is 8.73. The molecule has 1 aromatic carbocycles. The number of carbonyl (C=O) groups is 6. The smallest absolute Gasteiger partial charge is 0.326 e. The molecule has 0 spiro atoms. The van der Waals surface area contributed by atoms with Gasteiger partial charge in [0.15, 0.2) is 0 Å². The lowest BCUT2D eigenvalue weighted by Gasteiger charge is -2.30. The van der Waals surface area contributed by atoms with Crippen LogP contribution in [0.1, 0.15) is 37.7 Å². The Morgan fingerprint density at radius 2 is 1.68 bits per heavy atom. The van der Waals surface area contributed by atoms with Gasteiger partial charge in [-0.1, -0.05) is 12.1 Å². The van der Waals surface area contributed by atoms with E-state index in [9.17, 15) is 39.0 Å². The van der Waals surface area contributed by atoms with Gasteiger partial charge in [0.25, 0.3) is 0 Å². The van der Waals surface area contributed by atoms with Crippen LogP contribution in [0.25, 0.3) is 0 Å². The summed E-state index contributed by atoms with van der Waals surface area (Å²) in [6.45, 7) is 0.152. The van der Waals surface area contributed by atoms with Crippen LogP contribution in [-0.2, 0) is 35.2 Å². The molecule has 1 aromatic rings. The zero-order valence-electron chi connectivity index (χ0n) is 20.0. The lowest BCUT2D eigenvalue weighted by atomic mass is 10.0. The molecule has 1 aliphatic rings. The topological polar surface area (TPSA) is 242 Å². The van der Waals surface area contributed by atoms with Gasteiger partial charge in [-0.05, 0) is 37.0 Å². The number of benzene rings is 1. The first-order valence-electron chi connectivity index (χ1n) is 11.6. The summed E-state index contributed by atoms with van der Waals surface area (Å²) in [6.07, 6.45) is -0.534. The normalized spacial score (nSPS) is 17.3. The van der Waals surface area contributed by atoms with Gasteiger partial charge in [-0.3, -0.25) is 24.0 Å². The maximum Gasteiger partial charge on any atom is 0.326 e. The van der Waals surface area contributed by atoms with E-state index in [1.807, 2.05) is 0 Å². The fourth-order valence-electron chi connectivity index (χ4n) is 3.94. The number of carboxylic acid groups (broad SMARTS) is 2. The number of primary amides is 1. The molecule has 0 radical (unpaired) electrons. The molecule has 1 aliphatic heterocycles. The third kappa shape index (κ3) is 8.75. The number of aliphatic carboxylic acids is 2. The number of hydrogen-bond acceptors (Lipinski definition) is 8. The van der Waals surface area contributed by atoms with Gasteiger partial charge in [-0.15, -0.1) is 0 Å². The van der Waals surface area contributed by atoms with Crippen LogP contribution in [0.3, 0.4) is 0 Å². The number of rotatable bonds is 13. The molecule has 4 atom stereocenters.